The lowest BCUT2D eigenvalue weighted by molar-refractivity contribution is -0.118. The van der Waals surface area contributed by atoms with Crippen LogP contribution in [-0.4, -0.2) is 50.7 Å². The molecule has 192 valence electrons. The SMILES string of the molecule is Cc1ccc(NC(=O)C2(c3ccc4c(c3)OCO4)CC2)cc1-c1ccc(CN(C)CC2OCCO2)cc1. The van der Waals surface area contributed by atoms with E-state index in [-0.39, 0.29) is 19.0 Å². The smallest absolute Gasteiger partial charge is 0.235 e. The van der Waals surface area contributed by atoms with Gasteiger partial charge in [-0.3, -0.25) is 9.69 Å². The van der Waals surface area contributed by atoms with Crippen LogP contribution in [0.2, 0.25) is 0 Å². The van der Waals surface area contributed by atoms with Crippen molar-refractivity contribution in [3.63, 3.8) is 0 Å². The monoisotopic (exact) mass is 500 g/mol. The quantitative estimate of drug-likeness (QED) is 0.476. The van der Waals surface area contributed by atoms with E-state index in [1.54, 1.807) is 0 Å². The third-order valence-electron chi connectivity index (χ3n) is 7.47. The Balaban J connectivity index is 1.14. The van der Waals surface area contributed by atoms with Crippen molar-refractivity contribution in [1.29, 1.82) is 0 Å². The predicted molar refractivity (Wildman–Crippen MR) is 141 cm³/mol. The highest BCUT2D eigenvalue weighted by atomic mass is 16.7. The van der Waals surface area contributed by atoms with Gasteiger partial charge in [-0.1, -0.05) is 36.4 Å². The molecule has 0 atom stereocenters. The van der Waals surface area contributed by atoms with Gasteiger partial charge in [0.2, 0.25) is 12.7 Å². The van der Waals surface area contributed by atoms with Crippen LogP contribution in [0.5, 0.6) is 11.5 Å². The Morgan fingerprint density at radius 3 is 2.49 bits per heavy atom. The van der Waals surface area contributed by atoms with Gasteiger partial charge in [-0.25, -0.2) is 0 Å². The molecule has 7 heteroatoms. The Bertz CT molecular complexity index is 1300. The number of likely N-dealkylation sites (N-methyl/N-ethyl adjacent to an activating group) is 1. The summed E-state index contributed by atoms with van der Waals surface area (Å²) in [5.41, 5.74) is 5.90. The van der Waals surface area contributed by atoms with Crippen LogP contribution in [0.1, 0.15) is 29.5 Å². The lowest BCUT2D eigenvalue weighted by Gasteiger charge is -2.20. The number of carbonyl (C=O) groups excluding carboxylic acids is 1. The summed E-state index contributed by atoms with van der Waals surface area (Å²) in [5, 5.41) is 3.18. The first-order chi connectivity index (χ1) is 18.0. The van der Waals surface area contributed by atoms with Crippen LogP contribution in [-0.2, 0) is 26.2 Å². The minimum Gasteiger partial charge on any atom is -0.454 e. The Kier molecular flexibility index (Phi) is 6.36. The zero-order valence-electron chi connectivity index (χ0n) is 21.3. The fourth-order valence-electron chi connectivity index (χ4n) is 5.16. The summed E-state index contributed by atoms with van der Waals surface area (Å²) >= 11 is 0. The molecule has 0 spiro atoms. The van der Waals surface area contributed by atoms with Gasteiger partial charge < -0.3 is 24.3 Å². The number of aryl methyl sites for hydroxylation is 1. The summed E-state index contributed by atoms with van der Waals surface area (Å²) in [6.45, 7) is 5.24. The third-order valence-corrected chi connectivity index (χ3v) is 7.47. The van der Waals surface area contributed by atoms with Gasteiger partial charge >= 0.3 is 0 Å². The van der Waals surface area contributed by atoms with E-state index >= 15 is 0 Å². The van der Waals surface area contributed by atoms with Gasteiger partial charge in [-0.15, -0.1) is 0 Å². The van der Waals surface area contributed by atoms with Gasteiger partial charge in [0.05, 0.1) is 18.6 Å². The van der Waals surface area contributed by atoms with E-state index in [9.17, 15) is 4.79 Å². The molecule has 1 saturated carbocycles. The molecule has 0 radical (unpaired) electrons. The standard InChI is InChI=1S/C30H32N2O5/c1-20-3-9-24(31-29(33)30(11-12-30)23-8-10-26-27(15-23)37-19-36-26)16-25(20)22-6-4-21(5-7-22)17-32(2)18-28-34-13-14-35-28/h3-10,15-16,28H,11-14,17-19H2,1-2H3,(H,31,33). The second-order valence-electron chi connectivity index (χ2n) is 10.2. The number of amides is 1. The first-order valence-electron chi connectivity index (χ1n) is 12.8. The number of carbonyl (C=O) groups is 1. The topological polar surface area (TPSA) is 69.3 Å². The van der Waals surface area contributed by atoms with Crippen LogP contribution in [0, 0.1) is 6.92 Å². The molecule has 3 aromatic carbocycles. The van der Waals surface area contributed by atoms with E-state index in [1.807, 2.05) is 24.3 Å². The zero-order chi connectivity index (χ0) is 25.4. The Morgan fingerprint density at radius 1 is 0.973 bits per heavy atom. The van der Waals surface area contributed by atoms with Gasteiger partial charge in [-0.05, 0) is 78.9 Å². The minimum atomic E-state index is -0.506. The van der Waals surface area contributed by atoms with E-state index in [2.05, 4.69) is 60.6 Å². The molecule has 2 heterocycles. The molecule has 1 aliphatic carbocycles. The van der Waals surface area contributed by atoms with E-state index < -0.39 is 5.41 Å². The van der Waals surface area contributed by atoms with Crippen molar-refractivity contribution < 1.29 is 23.7 Å². The lowest BCUT2D eigenvalue weighted by Crippen LogP contribution is -2.29. The molecular formula is C30H32N2O5. The van der Waals surface area contributed by atoms with Crippen molar-refractivity contribution in [1.82, 2.24) is 4.90 Å². The van der Waals surface area contributed by atoms with Crippen molar-refractivity contribution in [3.05, 3.63) is 77.4 Å². The van der Waals surface area contributed by atoms with E-state index in [0.717, 1.165) is 59.6 Å². The highest BCUT2D eigenvalue weighted by Crippen LogP contribution is 2.51. The Morgan fingerprint density at radius 2 is 1.73 bits per heavy atom. The fourth-order valence-corrected chi connectivity index (χ4v) is 5.16. The molecule has 0 bridgehead atoms. The number of ether oxygens (including phenoxy) is 4. The summed E-state index contributed by atoms with van der Waals surface area (Å²) in [4.78, 5) is 15.6. The molecule has 2 aliphatic heterocycles. The molecule has 0 unspecified atom stereocenters. The number of fused-ring (bicyclic) bond motifs is 1. The minimum absolute atomic E-state index is 0.0229. The summed E-state index contributed by atoms with van der Waals surface area (Å²) in [7, 11) is 2.07. The largest absolute Gasteiger partial charge is 0.454 e. The number of benzene rings is 3. The summed E-state index contributed by atoms with van der Waals surface area (Å²) in [6.07, 6.45) is 1.52. The summed E-state index contributed by atoms with van der Waals surface area (Å²) in [5.74, 6) is 1.47. The van der Waals surface area contributed by atoms with Crippen LogP contribution in [0.4, 0.5) is 5.69 Å². The summed E-state index contributed by atoms with van der Waals surface area (Å²) in [6, 6.07) is 20.5. The number of hydrogen-bond acceptors (Lipinski definition) is 6. The second-order valence-corrected chi connectivity index (χ2v) is 10.2. The number of nitrogens with zero attached hydrogens (tertiary/aromatic N) is 1. The van der Waals surface area contributed by atoms with Crippen LogP contribution >= 0.6 is 0 Å². The zero-order valence-corrected chi connectivity index (χ0v) is 21.3. The average molecular weight is 501 g/mol. The number of anilines is 1. The van der Waals surface area contributed by atoms with Crippen molar-refractivity contribution in [2.75, 3.05) is 38.9 Å². The van der Waals surface area contributed by atoms with Crippen LogP contribution in [0.25, 0.3) is 11.1 Å². The molecule has 3 aliphatic rings. The second kappa shape index (κ2) is 9.82. The normalized spacial score (nSPS) is 17.8. The van der Waals surface area contributed by atoms with Gasteiger partial charge in [0.15, 0.2) is 17.8 Å². The van der Waals surface area contributed by atoms with Crippen LogP contribution < -0.4 is 14.8 Å². The number of hydrogen-bond donors (Lipinski definition) is 1. The highest BCUT2D eigenvalue weighted by Gasteiger charge is 2.51. The van der Waals surface area contributed by atoms with Crippen LogP contribution in [0.15, 0.2) is 60.7 Å². The lowest BCUT2D eigenvalue weighted by atomic mass is 9.94. The van der Waals surface area contributed by atoms with Crippen LogP contribution in [0.3, 0.4) is 0 Å². The molecule has 6 rings (SSSR count). The van der Waals surface area contributed by atoms with Gasteiger partial charge in [0, 0.05) is 18.8 Å². The first-order valence-corrected chi connectivity index (χ1v) is 12.8. The van der Waals surface area contributed by atoms with Gasteiger partial charge in [-0.2, -0.15) is 0 Å². The maximum Gasteiger partial charge on any atom is 0.235 e. The molecule has 1 saturated heterocycles. The molecule has 37 heavy (non-hydrogen) atoms. The highest BCUT2D eigenvalue weighted by molar-refractivity contribution is 6.02. The maximum absolute atomic E-state index is 13.4. The third kappa shape index (κ3) is 4.94. The van der Waals surface area contributed by atoms with Crippen molar-refractivity contribution in [2.45, 2.75) is 38.0 Å². The maximum atomic E-state index is 13.4. The molecular weight excluding hydrogens is 468 g/mol. The summed E-state index contributed by atoms with van der Waals surface area (Å²) < 4.78 is 22.1. The van der Waals surface area contributed by atoms with Crippen molar-refractivity contribution in [3.8, 4) is 22.6 Å². The molecule has 1 amide bonds. The van der Waals surface area contributed by atoms with Gasteiger partial charge in [0.1, 0.15) is 0 Å². The van der Waals surface area contributed by atoms with E-state index in [0.29, 0.717) is 19.0 Å². The molecule has 3 aromatic rings. The first kappa shape index (κ1) is 24.0. The molecule has 7 nitrogen and oxygen atoms in total. The van der Waals surface area contributed by atoms with Crippen molar-refractivity contribution >= 4 is 11.6 Å². The average Bonchev–Trinajstić information content (AvgIpc) is 3.30. The van der Waals surface area contributed by atoms with E-state index in [4.69, 9.17) is 18.9 Å². The fraction of sp³-hybridized carbons (Fsp3) is 0.367. The number of nitrogens with one attached hydrogen (secondary N) is 1. The Labute approximate surface area is 217 Å². The number of rotatable bonds is 8. The van der Waals surface area contributed by atoms with Crippen molar-refractivity contribution in [2.24, 2.45) is 0 Å². The molecule has 1 N–H and O–H groups in total. The predicted octanol–water partition coefficient (Wildman–Crippen LogP) is 4.87. The van der Waals surface area contributed by atoms with Gasteiger partial charge in [0.25, 0.3) is 0 Å². The molecule has 0 aromatic heterocycles. The molecule has 2 fully saturated rings. The Hall–Kier alpha value is -3.39. The van der Waals surface area contributed by atoms with E-state index in [1.165, 1.54) is 5.56 Å².